The zero-order valence-corrected chi connectivity index (χ0v) is 12.1. The van der Waals surface area contributed by atoms with E-state index < -0.39 is 0 Å². The molecule has 108 valence electrons. The normalized spacial score (nSPS) is 12.4. The minimum Gasteiger partial charge on any atom is -0.463 e. The van der Waals surface area contributed by atoms with Crippen molar-refractivity contribution in [2.24, 2.45) is 0 Å². The number of amides is 1. The lowest BCUT2D eigenvalue weighted by atomic mass is 10.1. The third-order valence-electron chi connectivity index (χ3n) is 3.34. The summed E-state index contributed by atoms with van der Waals surface area (Å²) in [4.78, 5) is 13.5. The van der Waals surface area contributed by atoms with E-state index in [1.54, 1.807) is 11.3 Å². The fourth-order valence-electron chi connectivity index (χ4n) is 2.29. The average molecular weight is 301 g/mol. The number of fused-ring (bicyclic) bond motifs is 1. The van der Waals surface area contributed by atoms with Crippen LogP contribution in [0, 0.1) is 0 Å². The Morgan fingerprint density at radius 1 is 1.29 bits per heavy atom. The molecule has 2 N–H and O–H groups in total. The van der Waals surface area contributed by atoms with Crippen molar-refractivity contribution < 1.29 is 14.3 Å². The highest BCUT2D eigenvalue weighted by atomic mass is 32.1. The number of hydrogen-bond donors (Lipinski definition) is 2. The van der Waals surface area contributed by atoms with Crippen molar-refractivity contribution in [1.29, 1.82) is 0 Å². The molecule has 0 radical (unpaired) electrons. The molecule has 5 heteroatoms. The molecule has 3 rings (SSSR count). The van der Waals surface area contributed by atoms with Crippen LogP contribution in [0.1, 0.15) is 27.7 Å². The molecular weight excluding hydrogens is 286 g/mol. The summed E-state index contributed by atoms with van der Waals surface area (Å²) in [5, 5.41) is 14.9. The van der Waals surface area contributed by atoms with Crippen molar-refractivity contribution in [1.82, 2.24) is 5.32 Å². The summed E-state index contributed by atoms with van der Waals surface area (Å²) in [5.41, 5.74) is 1.21. The highest BCUT2D eigenvalue weighted by Crippen LogP contribution is 2.24. The van der Waals surface area contributed by atoms with Crippen LogP contribution in [-0.4, -0.2) is 17.6 Å². The summed E-state index contributed by atoms with van der Waals surface area (Å²) in [5.74, 6) is -0.188. The number of aliphatic hydroxyl groups is 1. The number of furan rings is 1. The van der Waals surface area contributed by atoms with Crippen LogP contribution in [0.15, 0.2) is 52.5 Å². The maximum atomic E-state index is 12.5. The molecule has 0 aliphatic carbocycles. The molecule has 2 heterocycles. The molecule has 0 spiro atoms. The number of nitrogens with one attached hydrogen (secondary N) is 1. The number of aliphatic hydroxyl groups excluding tert-OH is 1. The van der Waals surface area contributed by atoms with Gasteiger partial charge in [0.05, 0.1) is 11.6 Å². The molecule has 2 aromatic heterocycles. The molecular formula is C16H15NO3S. The second-order valence-corrected chi connectivity index (χ2v) is 5.68. The number of carbonyl (C=O) groups excluding carboxylic acids is 1. The largest absolute Gasteiger partial charge is 0.463 e. The van der Waals surface area contributed by atoms with E-state index in [0.29, 0.717) is 17.6 Å². The van der Waals surface area contributed by atoms with Gasteiger partial charge < -0.3 is 14.8 Å². The molecule has 4 nitrogen and oxygen atoms in total. The van der Waals surface area contributed by atoms with Crippen molar-refractivity contribution in [2.75, 3.05) is 6.61 Å². The van der Waals surface area contributed by atoms with E-state index in [-0.39, 0.29) is 18.6 Å². The van der Waals surface area contributed by atoms with Gasteiger partial charge in [-0.25, -0.2) is 0 Å². The summed E-state index contributed by atoms with van der Waals surface area (Å²) in [6.45, 7) is 0.0228. The number of benzene rings is 1. The summed E-state index contributed by atoms with van der Waals surface area (Å²) in [6.07, 6.45) is 1.96. The summed E-state index contributed by atoms with van der Waals surface area (Å²) >= 11 is 1.56. The molecule has 1 aromatic carbocycles. The lowest BCUT2D eigenvalue weighted by Crippen LogP contribution is -2.28. The fraction of sp³-hybridized carbons (Fsp3) is 0.188. The van der Waals surface area contributed by atoms with E-state index in [9.17, 15) is 9.90 Å². The van der Waals surface area contributed by atoms with Crippen molar-refractivity contribution in [2.45, 2.75) is 12.5 Å². The zero-order chi connectivity index (χ0) is 14.7. The van der Waals surface area contributed by atoms with Gasteiger partial charge in [-0.2, -0.15) is 0 Å². The molecule has 0 saturated carbocycles. The van der Waals surface area contributed by atoms with E-state index >= 15 is 0 Å². The second-order valence-electron chi connectivity index (χ2n) is 4.70. The van der Waals surface area contributed by atoms with Crippen LogP contribution in [0.3, 0.4) is 0 Å². The van der Waals surface area contributed by atoms with Crippen LogP contribution in [0.4, 0.5) is 0 Å². The van der Waals surface area contributed by atoms with Gasteiger partial charge in [0.25, 0.3) is 5.91 Å². The summed E-state index contributed by atoms with van der Waals surface area (Å²) in [7, 11) is 0. The molecule has 0 aliphatic rings. The van der Waals surface area contributed by atoms with Gasteiger partial charge >= 0.3 is 0 Å². The second kappa shape index (κ2) is 6.11. The first-order chi connectivity index (χ1) is 10.3. The van der Waals surface area contributed by atoms with Crippen LogP contribution in [0.5, 0.6) is 0 Å². The predicted molar refractivity (Wildman–Crippen MR) is 82.4 cm³/mol. The minimum atomic E-state index is -0.188. The van der Waals surface area contributed by atoms with Crippen molar-refractivity contribution in [3.63, 3.8) is 0 Å². The first-order valence-corrected chi connectivity index (χ1v) is 7.59. The number of thiophene rings is 1. The smallest absolute Gasteiger partial charge is 0.255 e. The Bertz CT molecular complexity index is 733. The molecule has 0 fully saturated rings. The molecule has 0 aliphatic heterocycles. The number of rotatable bonds is 5. The Morgan fingerprint density at radius 3 is 2.90 bits per heavy atom. The van der Waals surface area contributed by atoms with Crippen LogP contribution in [-0.2, 0) is 0 Å². The SMILES string of the molecule is O=C(N[C@@H](CCO)c1cccs1)c1coc2ccccc12. The highest BCUT2D eigenvalue weighted by molar-refractivity contribution is 7.10. The maximum Gasteiger partial charge on any atom is 0.255 e. The van der Waals surface area contributed by atoms with Gasteiger partial charge in [0.1, 0.15) is 11.8 Å². The van der Waals surface area contributed by atoms with Crippen molar-refractivity contribution >= 4 is 28.2 Å². The van der Waals surface area contributed by atoms with Crippen LogP contribution >= 0.6 is 11.3 Å². The Morgan fingerprint density at radius 2 is 2.14 bits per heavy atom. The highest BCUT2D eigenvalue weighted by Gasteiger charge is 2.19. The third-order valence-corrected chi connectivity index (χ3v) is 4.32. The lowest BCUT2D eigenvalue weighted by molar-refractivity contribution is 0.0931. The van der Waals surface area contributed by atoms with Crippen LogP contribution in [0.25, 0.3) is 11.0 Å². The quantitative estimate of drug-likeness (QED) is 0.759. The molecule has 0 saturated heterocycles. The summed E-state index contributed by atoms with van der Waals surface area (Å²) < 4.78 is 5.39. The molecule has 21 heavy (non-hydrogen) atoms. The Kier molecular flexibility index (Phi) is 4.03. The molecule has 0 bridgehead atoms. The Hall–Kier alpha value is -2.11. The minimum absolute atomic E-state index is 0.0228. The van der Waals surface area contributed by atoms with Gasteiger partial charge in [0, 0.05) is 16.9 Å². The number of para-hydroxylation sites is 1. The zero-order valence-electron chi connectivity index (χ0n) is 11.3. The van der Waals surface area contributed by atoms with Gasteiger partial charge in [-0.1, -0.05) is 24.3 Å². The molecule has 0 unspecified atom stereocenters. The van der Waals surface area contributed by atoms with Gasteiger partial charge in [0.15, 0.2) is 0 Å². The number of hydrogen-bond acceptors (Lipinski definition) is 4. The lowest BCUT2D eigenvalue weighted by Gasteiger charge is -2.15. The molecule has 1 amide bonds. The van der Waals surface area contributed by atoms with E-state index in [4.69, 9.17) is 4.42 Å². The maximum absolute atomic E-state index is 12.5. The van der Waals surface area contributed by atoms with Crippen molar-refractivity contribution in [3.8, 4) is 0 Å². The molecule has 1 atom stereocenters. The van der Waals surface area contributed by atoms with Crippen LogP contribution in [0.2, 0.25) is 0 Å². The van der Waals surface area contributed by atoms with Gasteiger partial charge in [-0.3, -0.25) is 4.79 Å². The Labute approximate surface area is 126 Å². The topological polar surface area (TPSA) is 62.5 Å². The first kappa shape index (κ1) is 13.9. The van der Waals surface area contributed by atoms with E-state index in [0.717, 1.165) is 10.3 Å². The van der Waals surface area contributed by atoms with E-state index in [2.05, 4.69) is 5.32 Å². The fourth-order valence-corrected chi connectivity index (χ4v) is 3.11. The summed E-state index contributed by atoms with van der Waals surface area (Å²) in [6, 6.07) is 11.1. The van der Waals surface area contributed by atoms with Gasteiger partial charge in [-0.15, -0.1) is 11.3 Å². The molecule has 3 aromatic rings. The predicted octanol–water partition coefficient (Wildman–Crippen LogP) is 3.35. The van der Waals surface area contributed by atoms with E-state index in [1.807, 2.05) is 41.8 Å². The van der Waals surface area contributed by atoms with Gasteiger partial charge in [0.2, 0.25) is 0 Å². The monoisotopic (exact) mass is 301 g/mol. The average Bonchev–Trinajstić information content (AvgIpc) is 3.16. The third kappa shape index (κ3) is 2.84. The first-order valence-electron chi connectivity index (χ1n) is 6.71. The van der Waals surface area contributed by atoms with Gasteiger partial charge in [-0.05, 0) is 23.9 Å². The standard InChI is InChI=1S/C16H15NO3S/c18-8-7-13(15-6-3-9-21-15)17-16(19)12-10-20-14-5-2-1-4-11(12)14/h1-6,9-10,13,18H,7-8H2,(H,17,19)/t13-/m0/s1. The van der Waals surface area contributed by atoms with E-state index in [1.165, 1.54) is 6.26 Å². The van der Waals surface area contributed by atoms with Crippen molar-refractivity contribution in [3.05, 3.63) is 58.5 Å². The number of carbonyl (C=O) groups is 1. The Balaban J connectivity index is 1.84. The van der Waals surface area contributed by atoms with Crippen LogP contribution < -0.4 is 5.32 Å².